The van der Waals surface area contributed by atoms with Crippen molar-refractivity contribution in [2.45, 2.75) is 13.5 Å². The Labute approximate surface area is 204 Å². The topological polar surface area (TPSA) is 108 Å². The predicted molar refractivity (Wildman–Crippen MR) is 127 cm³/mol. The number of carbonyl (C=O) groups is 1. The summed E-state index contributed by atoms with van der Waals surface area (Å²) < 4.78 is 26.2. The molecule has 0 heterocycles. The summed E-state index contributed by atoms with van der Waals surface area (Å²) in [5.74, 6) is -0.668. The van der Waals surface area contributed by atoms with Crippen LogP contribution in [-0.2, 0) is 6.61 Å². The number of nitrogens with one attached hydrogen (secondary N) is 1. The first-order chi connectivity index (χ1) is 16.5. The van der Waals surface area contributed by atoms with E-state index in [-0.39, 0.29) is 17.7 Å². The van der Waals surface area contributed by atoms with Gasteiger partial charge in [-0.15, -0.1) is 0 Å². The minimum absolute atomic E-state index is 0.115. The third kappa shape index (κ3) is 5.97. The first kappa shape index (κ1) is 24.4. The molecular formula is C25H18BrFN4O3. The monoisotopic (exact) mass is 520 g/mol. The molecule has 0 fully saturated rings. The van der Waals surface area contributed by atoms with Crippen molar-refractivity contribution in [1.29, 1.82) is 10.5 Å². The minimum Gasteiger partial charge on any atom is -0.490 e. The number of benzene rings is 3. The zero-order valence-electron chi connectivity index (χ0n) is 18.0. The highest BCUT2D eigenvalue weighted by molar-refractivity contribution is 9.10. The third-order valence-electron chi connectivity index (χ3n) is 4.56. The number of carbonyl (C=O) groups excluding carboxylic acids is 1. The molecule has 0 aliphatic rings. The molecule has 0 bridgehead atoms. The maximum Gasteiger partial charge on any atom is 0.274 e. The van der Waals surface area contributed by atoms with Gasteiger partial charge in [-0.2, -0.15) is 15.6 Å². The van der Waals surface area contributed by atoms with Crippen molar-refractivity contribution in [3.8, 4) is 23.6 Å². The second-order valence-corrected chi connectivity index (χ2v) is 7.68. The van der Waals surface area contributed by atoms with Crippen molar-refractivity contribution in [2.75, 3.05) is 6.61 Å². The normalized spacial score (nSPS) is 10.4. The molecule has 0 atom stereocenters. The molecule has 0 radical (unpaired) electrons. The number of hydrogen-bond acceptors (Lipinski definition) is 6. The zero-order chi connectivity index (χ0) is 24.5. The van der Waals surface area contributed by atoms with Gasteiger partial charge in [0.2, 0.25) is 0 Å². The summed E-state index contributed by atoms with van der Waals surface area (Å²) in [7, 11) is 0. The van der Waals surface area contributed by atoms with E-state index in [0.29, 0.717) is 33.7 Å². The molecule has 1 amide bonds. The Bertz CT molecular complexity index is 1330. The van der Waals surface area contributed by atoms with Gasteiger partial charge in [0.1, 0.15) is 12.4 Å². The largest absolute Gasteiger partial charge is 0.490 e. The first-order valence-corrected chi connectivity index (χ1v) is 10.9. The molecule has 0 spiro atoms. The molecule has 34 heavy (non-hydrogen) atoms. The van der Waals surface area contributed by atoms with Crippen LogP contribution in [0, 0.1) is 28.5 Å². The van der Waals surface area contributed by atoms with E-state index in [4.69, 9.17) is 14.7 Å². The smallest absolute Gasteiger partial charge is 0.274 e. The van der Waals surface area contributed by atoms with Crippen LogP contribution in [0.2, 0.25) is 0 Å². The first-order valence-electron chi connectivity index (χ1n) is 10.1. The van der Waals surface area contributed by atoms with Crippen LogP contribution in [0.4, 0.5) is 4.39 Å². The molecule has 3 aromatic rings. The molecule has 170 valence electrons. The quantitative estimate of drug-likeness (QED) is 0.329. The lowest BCUT2D eigenvalue weighted by atomic mass is 10.1. The zero-order valence-corrected chi connectivity index (χ0v) is 19.6. The van der Waals surface area contributed by atoms with E-state index in [9.17, 15) is 14.4 Å². The molecule has 0 unspecified atom stereocenters. The van der Waals surface area contributed by atoms with Crippen molar-refractivity contribution in [2.24, 2.45) is 5.10 Å². The van der Waals surface area contributed by atoms with E-state index in [1.807, 2.05) is 19.1 Å². The summed E-state index contributed by atoms with van der Waals surface area (Å²) in [6.07, 6.45) is 1.38. The van der Waals surface area contributed by atoms with Crippen LogP contribution in [-0.4, -0.2) is 18.7 Å². The Morgan fingerprint density at radius 1 is 1.15 bits per heavy atom. The molecule has 0 saturated carbocycles. The van der Waals surface area contributed by atoms with Crippen LogP contribution >= 0.6 is 15.9 Å². The van der Waals surface area contributed by atoms with Crippen molar-refractivity contribution in [3.05, 3.63) is 92.7 Å². The summed E-state index contributed by atoms with van der Waals surface area (Å²) in [4.78, 5) is 12.2. The molecule has 7 nitrogen and oxygen atoms in total. The van der Waals surface area contributed by atoms with Crippen LogP contribution in [0.3, 0.4) is 0 Å². The second kappa shape index (κ2) is 11.6. The fraction of sp³-hybridized carbons (Fsp3) is 0.120. The van der Waals surface area contributed by atoms with E-state index < -0.39 is 11.7 Å². The van der Waals surface area contributed by atoms with E-state index in [1.165, 1.54) is 18.3 Å². The van der Waals surface area contributed by atoms with Gasteiger partial charge in [-0.05, 0) is 64.8 Å². The predicted octanol–water partition coefficient (Wildman–Crippen LogP) is 5.07. The van der Waals surface area contributed by atoms with Gasteiger partial charge in [0.15, 0.2) is 11.5 Å². The SMILES string of the molecule is CCOc1cc(/C=N\NC(=O)c2ccc(C#N)cc2F)cc(Br)c1OCc1ccccc1C#N. The average molecular weight is 521 g/mol. The highest BCUT2D eigenvalue weighted by atomic mass is 79.9. The molecule has 3 rings (SSSR count). The lowest BCUT2D eigenvalue weighted by Gasteiger charge is -2.15. The number of halogens is 2. The van der Waals surface area contributed by atoms with Crippen molar-refractivity contribution in [3.63, 3.8) is 0 Å². The van der Waals surface area contributed by atoms with Gasteiger partial charge in [0.25, 0.3) is 5.91 Å². The van der Waals surface area contributed by atoms with E-state index >= 15 is 0 Å². The maximum absolute atomic E-state index is 14.0. The Kier molecular flexibility index (Phi) is 8.33. The number of amides is 1. The van der Waals surface area contributed by atoms with Gasteiger partial charge in [-0.3, -0.25) is 4.79 Å². The molecule has 1 N–H and O–H groups in total. The summed E-state index contributed by atoms with van der Waals surface area (Å²) in [6, 6.07) is 18.0. The van der Waals surface area contributed by atoms with Gasteiger partial charge in [-0.1, -0.05) is 18.2 Å². The number of hydrazone groups is 1. The summed E-state index contributed by atoms with van der Waals surface area (Å²) >= 11 is 3.46. The Morgan fingerprint density at radius 3 is 2.65 bits per heavy atom. The van der Waals surface area contributed by atoms with Gasteiger partial charge in [0, 0.05) is 5.56 Å². The molecule has 0 aliphatic carbocycles. The standard InChI is InChI=1S/C25H18BrFN4O3/c1-2-33-23-11-17(14-30-31-25(32)20-8-7-16(12-28)10-22(20)27)9-21(26)24(23)34-15-19-6-4-3-5-18(19)13-29/h3-11,14H,2,15H2,1H3,(H,31,32)/b30-14-. The number of ether oxygens (including phenoxy) is 2. The van der Waals surface area contributed by atoms with Crippen molar-refractivity contribution >= 4 is 28.1 Å². The highest BCUT2D eigenvalue weighted by Crippen LogP contribution is 2.37. The van der Waals surface area contributed by atoms with Crippen LogP contribution in [0.5, 0.6) is 11.5 Å². The average Bonchev–Trinajstić information content (AvgIpc) is 2.83. The van der Waals surface area contributed by atoms with Crippen molar-refractivity contribution < 1.29 is 18.7 Å². The molecule has 0 aromatic heterocycles. The second-order valence-electron chi connectivity index (χ2n) is 6.83. The Balaban J connectivity index is 1.75. The van der Waals surface area contributed by atoms with Gasteiger partial charge < -0.3 is 9.47 Å². The van der Waals surface area contributed by atoms with Gasteiger partial charge in [-0.25, -0.2) is 9.82 Å². The van der Waals surface area contributed by atoms with Crippen LogP contribution in [0.25, 0.3) is 0 Å². The van der Waals surface area contributed by atoms with Crippen LogP contribution in [0.15, 0.2) is 64.2 Å². The molecule has 3 aromatic carbocycles. The van der Waals surface area contributed by atoms with Gasteiger partial charge >= 0.3 is 0 Å². The number of nitriles is 2. The van der Waals surface area contributed by atoms with Crippen LogP contribution in [0.1, 0.15) is 39.5 Å². The summed E-state index contributed by atoms with van der Waals surface area (Å²) in [5.41, 5.74) is 3.99. The summed E-state index contributed by atoms with van der Waals surface area (Å²) in [6.45, 7) is 2.38. The van der Waals surface area contributed by atoms with E-state index in [0.717, 1.165) is 11.6 Å². The van der Waals surface area contributed by atoms with Crippen LogP contribution < -0.4 is 14.9 Å². The van der Waals surface area contributed by atoms with E-state index in [2.05, 4.69) is 32.5 Å². The summed E-state index contributed by atoms with van der Waals surface area (Å²) in [5, 5.41) is 21.9. The lowest BCUT2D eigenvalue weighted by molar-refractivity contribution is 0.0951. The van der Waals surface area contributed by atoms with E-state index in [1.54, 1.807) is 30.3 Å². The fourth-order valence-corrected chi connectivity index (χ4v) is 3.54. The molecule has 9 heteroatoms. The van der Waals surface area contributed by atoms with Crippen molar-refractivity contribution in [1.82, 2.24) is 5.43 Å². The number of nitrogens with zero attached hydrogens (tertiary/aromatic N) is 3. The Morgan fingerprint density at radius 2 is 1.94 bits per heavy atom. The lowest BCUT2D eigenvalue weighted by Crippen LogP contribution is -2.19. The molecular weight excluding hydrogens is 503 g/mol. The molecule has 0 aliphatic heterocycles. The number of rotatable bonds is 8. The minimum atomic E-state index is -0.812. The highest BCUT2D eigenvalue weighted by Gasteiger charge is 2.14. The Hall–Kier alpha value is -4.21. The number of hydrogen-bond donors (Lipinski definition) is 1. The fourth-order valence-electron chi connectivity index (χ4n) is 2.97. The molecule has 0 saturated heterocycles. The maximum atomic E-state index is 14.0. The third-order valence-corrected chi connectivity index (χ3v) is 5.15. The van der Waals surface area contributed by atoms with Gasteiger partial charge in [0.05, 0.1) is 46.1 Å².